The summed E-state index contributed by atoms with van der Waals surface area (Å²) in [6.45, 7) is 2.41. The smallest absolute Gasteiger partial charge is 0.256 e. The summed E-state index contributed by atoms with van der Waals surface area (Å²) in [6, 6.07) is 7.81. The number of sulfonamides is 1. The molecule has 1 saturated heterocycles. The third-order valence-electron chi connectivity index (χ3n) is 5.21. The van der Waals surface area contributed by atoms with Crippen molar-refractivity contribution in [2.75, 3.05) is 17.5 Å². The van der Waals surface area contributed by atoms with Crippen LogP contribution in [0.4, 0.5) is 5.69 Å². The Morgan fingerprint density at radius 1 is 1.19 bits per heavy atom. The molecule has 4 rings (SSSR count). The average Bonchev–Trinajstić information content (AvgIpc) is 3.12. The molecule has 8 nitrogen and oxygen atoms in total. The molecule has 0 unspecified atom stereocenters. The number of nitrogens with one attached hydrogen (secondary N) is 1. The van der Waals surface area contributed by atoms with Gasteiger partial charge in [-0.3, -0.25) is 9.52 Å². The minimum Gasteiger partial charge on any atom is -0.330 e. The second-order valence-electron chi connectivity index (χ2n) is 7.63. The lowest BCUT2D eigenvalue weighted by atomic mass is 9.98. The van der Waals surface area contributed by atoms with Gasteiger partial charge in [0, 0.05) is 23.3 Å². The van der Waals surface area contributed by atoms with Gasteiger partial charge in [-0.2, -0.15) is 5.10 Å². The van der Waals surface area contributed by atoms with E-state index in [1.165, 1.54) is 12.1 Å². The molecule has 1 N–H and O–H groups in total. The summed E-state index contributed by atoms with van der Waals surface area (Å²) >= 11 is 12.2. The van der Waals surface area contributed by atoms with Crippen molar-refractivity contribution >= 4 is 50.5 Å². The SMILES string of the molecule is Cc1cc(Cl)nc2cc([C@@H]3CCCCN3C(=O)c3cc(Cl)ccc3NS(C)(=O)=O)nn12. The van der Waals surface area contributed by atoms with Crippen LogP contribution in [0.5, 0.6) is 0 Å². The lowest BCUT2D eigenvalue weighted by Crippen LogP contribution is -2.39. The number of carbonyl (C=O) groups excluding carboxylic acids is 1. The quantitative estimate of drug-likeness (QED) is 0.566. The van der Waals surface area contributed by atoms with Gasteiger partial charge in [-0.25, -0.2) is 17.9 Å². The first kappa shape index (κ1) is 21.9. The van der Waals surface area contributed by atoms with E-state index in [9.17, 15) is 13.2 Å². The van der Waals surface area contributed by atoms with Crippen LogP contribution in [0.15, 0.2) is 30.3 Å². The molecule has 2 aromatic heterocycles. The molecule has 0 aliphatic carbocycles. The number of likely N-dealkylation sites (tertiary alicyclic amines) is 1. The van der Waals surface area contributed by atoms with Crippen molar-refractivity contribution in [1.29, 1.82) is 0 Å². The zero-order valence-electron chi connectivity index (χ0n) is 17.0. The number of carbonyl (C=O) groups is 1. The summed E-state index contributed by atoms with van der Waals surface area (Å²) < 4.78 is 27.7. The molecule has 1 atom stereocenters. The van der Waals surface area contributed by atoms with Crippen LogP contribution in [0.25, 0.3) is 5.65 Å². The Labute approximate surface area is 190 Å². The van der Waals surface area contributed by atoms with Gasteiger partial charge in [-0.1, -0.05) is 23.2 Å². The number of anilines is 1. The normalized spacial score (nSPS) is 17.2. The number of hydrogen-bond donors (Lipinski definition) is 1. The number of nitrogens with zero attached hydrogens (tertiary/aromatic N) is 4. The van der Waals surface area contributed by atoms with E-state index in [0.29, 0.717) is 28.1 Å². The Kier molecular flexibility index (Phi) is 5.85. The lowest BCUT2D eigenvalue weighted by molar-refractivity contribution is 0.0607. The third-order valence-corrected chi connectivity index (χ3v) is 6.22. The maximum absolute atomic E-state index is 13.5. The van der Waals surface area contributed by atoms with Crippen LogP contribution in [0.2, 0.25) is 10.2 Å². The molecule has 11 heteroatoms. The number of amides is 1. The van der Waals surface area contributed by atoms with E-state index >= 15 is 0 Å². The molecule has 0 spiro atoms. The summed E-state index contributed by atoms with van der Waals surface area (Å²) in [4.78, 5) is 19.6. The van der Waals surface area contributed by atoms with Gasteiger partial charge >= 0.3 is 0 Å². The van der Waals surface area contributed by atoms with Crippen molar-refractivity contribution in [3.05, 3.63) is 57.5 Å². The van der Waals surface area contributed by atoms with Gasteiger partial charge in [0.15, 0.2) is 5.65 Å². The maximum atomic E-state index is 13.5. The zero-order valence-corrected chi connectivity index (χ0v) is 19.3. The van der Waals surface area contributed by atoms with Crippen molar-refractivity contribution in [3.8, 4) is 0 Å². The van der Waals surface area contributed by atoms with Gasteiger partial charge in [0.2, 0.25) is 10.0 Å². The monoisotopic (exact) mass is 481 g/mol. The molecule has 164 valence electrons. The summed E-state index contributed by atoms with van der Waals surface area (Å²) in [5, 5.41) is 5.39. The fourth-order valence-electron chi connectivity index (χ4n) is 3.89. The molecule has 1 aliphatic heterocycles. The van der Waals surface area contributed by atoms with Crippen LogP contribution in [0.3, 0.4) is 0 Å². The van der Waals surface area contributed by atoms with Crippen molar-refractivity contribution in [3.63, 3.8) is 0 Å². The van der Waals surface area contributed by atoms with Crippen molar-refractivity contribution in [1.82, 2.24) is 19.5 Å². The van der Waals surface area contributed by atoms with Gasteiger partial charge in [0.25, 0.3) is 5.91 Å². The highest BCUT2D eigenvalue weighted by atomic mass is 35.5. The number of rotatable bonds is 4. The van der Waals surface area contributed by atoms with Crippen LogP contribution < -0.4 is 4.72 Å². The largest absolute Gasteiger partial charge is 0.330 e. The molecule has 0 radical (unpaired) electrons. The van der Waals surface area contributed by atoms with E-state index < -0.39 is 10.0 Å². The third kappa shape index (κ3) is 4.63. The lowest BCUT2D eigenvalue weighted by Gasteiger charge is -2.35. The van der Waals surface area contributed by atoms with Crippen LogP contribution in [0, 0.1) is 6.92 Å². The number of benzene rings is 1. The van der Waals surface area contributed by atoms with Crippen LogP contribution in [-0.4, -0.2) is 46.6 Å². The Hall–Kier alpha value is -2.36. The van der Waals surface area contributed by atoms with E-state index in [0.717, 1.165) is 31.2 Å². The first-order chi connectivity index (χ1) is 14.6. The Morgan fingerprint density at radius 3 is 2.71 bits per heavy atom. The maximum Gasteiger partial charge on any atom is 0.256 e. The molecule has 1 aliphatic rings. The first-order valence-corrected chi connectivity index (χ1v) is 12.4. The van der Waals surface area contributed by atoms with Gasteiger partial charge in [-0.05, 0) is 50.5 Å². The minimum atomic E-state index is -3.57. The van der Waals surface area contributed by atoms with E-state index in [4.69, 9.17) is 23.2 Å². The molecule has 3 aromatic rings. The van der Waals surface area contributed by atoms with Crippen molar-refractivity contribution in [2.45, 2.75) is 32.2 Å². The summed E-state index contributed by atoms with van der Waals surface area (Å²) in [5.74, 6) is -0.307. The summed E-state index contributed by atoms with van der Waals surface area (Å²) in [6.07, 6.45) is 3.56. The Morgan fingerprint density at radius 2 is 1.97 bits per heavy atom. The topological polar surface area (TPSA) is 96.7 Å². The molecule has 1 aromatic carbocycles. The zero-order chi connectivity index (χ0) is 22.3. The Balaban J connectivity index is 1.74. The second kappa shape index (κ2) is 8.29. The van der Waals surface area contributed by atoms with E-state index in [2.05, 4.69) is 14.8 Å². The van der Waals surface area contributed by atoms with Gasteiger partial charge in [-0.15, -0.1) is 0 Å². The number of halogens is 2. The molecule has 3 heterocycles. The molecular formula is C20H21Cl2N5O3S. The van der Waals surface area contributed by atoms with Crippen molar-refractivity contribution < 1.29 is 13.2 Å². The number of aromatic nitrogens is 3. The summed E-state index contributed by atoms with van der Waals surface area (Å²) in [5.41, 5.74) is 2.56. The standard InChI is InChI=1S/C20H21Cl2N5O3S/c1-12-9-18(22)23-19-11-16(24-27(12)19)17-5-3-4-8-26(17)20(28)14-10-13(21)6-7-15(14)25-31(2,29)30/h6-7,9-11,17,25H,3-5,8H2,1-2H3/t17-/m0/s1. The summed E-state index contributed by atoms with van der Waals surface area (Å²) in [7, 11) is -3.57. The fourth-order valence-corrected chi connectivity index (χ4v) is 4.88. The highest BCUT2D eigenvalue weighted by Gasteiger charge is 2.32. The molecule has 0 saturated carbocycles. The fraction of sp³-hybridized carbons (Fsp3) is 0.350. The van der Waals surface area contributed by atoms with Gasteiger partial charge < -0.3 is 4.90 Å². The van der Waals surface area contributed by atoms with Crippen LogP contribution >= 0.6 is 23.2 Å². The number of aryl methyl sites for hydroxylation is 1. The highest BCUT2D eigenvalue weighted by Crippen LogP contribution is 2.34. The number of fused-ring (bicyclic) bond motifs is 1. The van der Waals surface area contributed by atoms with E-state index in [1.54, 1.807) is 21.5 Å². The predicted octanol–water partition coefficient (Wildman–Crippen LogP) is 4.08. The second-order valence-corrected chi connectivity index (χ2v) is 10.2. The average molecular weight is 482 g/mol. The minimum absolute atomic E-state index is 0.195. The molecular weight excluding hydrogens is 461 g/mol. The number of hydrogen-bond acceptors (Lipinski definition) is 5. The van der Waals surface area contributed by atoms with Crippen LogP contribution in [0.1, 0.15) is 47.1 Å². The highest BCUT2D eigenvalue weighted by molar-refractivity contribution is 7.92. The molecule has 1 amide bonds. The predicted molar refractivity (Wildman–Crippen MR) is 120 cm³/mol. The van der Waals surface area contributed by atoms with Gasteiger partial charge in [0.05, 0.1) is 29.2 Å². The first-order valence-electron chi connectivity index (χ1n) is 9.73. The molecule has 1 fully saturated rings. The Bertz CT molecular complexity index is 1280. The van der Waals surface area contributed by atoms with Crippen LogP contribution in [-0.2, 0) is 10.0 Å². The number of piperidine rings is 1. The molecule has 31 heavy (non-hydrogen) atoms. The van der Waals surface area contributed by atoms with E-state index in [-0.39, 0.29) is 23.2 Å². The van der Waals surface area contributed by atoms with E-state index in [1.807, 2.05) is 13.0 Å². The molecule has 0 bridgehead atoms. The van der Waals surface area contributed by atoms with Crippen molar-refractivity contribution in [2.24, 2.45) is 0 Å². The van der Waals surface area contributed by atoms with Gasteiger partial charge in [0.1, 0.15) is 5.15 Å².